The van der Waals surface area contributed by atoms with E-state index < -0.39 is 0 Å². The van der Waals surface area contributed by atoms with Gasteiger partial charge in [0.25, 0.3) is 0 Å². The quantitative estimate of drug-likeness (QED) is 0.636. The molecule has 0 fully saturated rings. The van der Waals surface area contributed by atoms with E-state index in [1.54, 1.807) is 0 Å². The van der Waals surface area contributed by atoms with Crippen LogP contribution in [0.1, 0.15) is 16.7 Å². The third kappa shape index (κ3) is 2.32. The number of rotatable bonds is 2. The van der Waals surface area contributed by atoms with Gasteiger partial charge in [-0.25, -0.2) is 0 Å². The predicted molar refractivity (Wildman–Crippen MR) is 78.7 cm³/mol. The summed E-state index contributed by atoms with van der Waals surface area (Å²) in [6, 6.07) is 16.5. The number of nitrogen functional groups attached to an aromatic ring is 1. The molecular formula is C16H17N3. The van der Waals surface area contributed by atoms with Gasteiger partial charge in [-0.15, -0.1) is 0 Å². The summed E-state index contributed by atoms with van der Waals surface area (Å²) >= 11 is 0. The van der Waals surface area contributed by atoms with Crippen molar-refractivity contribution in [2.45, 2.75) is 13.0 Å². The van der Waals surface area contributed by atoms with E-state index in [9.17, 15) is 0 Å². The molecule has 2 aromatic rings. The number of anilines is 1. The van der Waals surface area contributed by atoms with Crippen LogP contribution in [0.4, 0.5) is 5.69 Å². The van der Waals surface area contributed by atoms with Gasteiger partial charge >= 0.3 is 0 Å². The molecule has 0 aromatic heterocycles. The van der Waals surface area contributed by atoms with Crippen LogP contribution in [-0.2, 0) is 13.0 Å². The number of hydrogen-bond acceptors (Lipinski definition) is 2. The zero-order valence-electron chi connectivity index (χ0n) is 10.8. The van der Waals surface area contributed by atoms with Crippen molar-refractivity contribution in [2.24, 2.45) is 5.73 Å². The Bertz CT molecular complexity index is 602. The average molecular weight is 251 g/mol. The highest BCUT2D eigenvalue weighted by atomic mass is 15.1. The van der Waals surface area contributed by atoms with Crippen LogP contribution in [-0.4, -0.2) is 12.4 Å². The number of fused-ring (bicyclic) bond motifs is 1. The second kappa shape index (κ2) is 4.76. The molecule has 0 saturated carbocycles. The molecule has 96 valence electrons. The monoisotopic (exact) mass is 251 g/mol. The van der Waals surface area contributed by atoms with Crippen LogP contribution < -0.4 is 10.6 Å². The first-order valence-corrected chi connectivity index (χ1v) is 6.50. The van der Waals surface area contributed by atoms with Crippen molar-refractivity contribution in [2.75, 3.05) is 11.4 Å². The van der Waals surface area contributed by atoms with Crippen molar-refractivity contribution in [3.8, 4) is 0 Å². The third-order valence-corrected chi connectivity index (χ3v) is 3.67. The SMILES string of the molecule is N=C(N)c1ccc(N2CCc3ccccc3C2)cc1. The molecule has 0 atom stereocenters. The minimum absolute atomic E-state index is 0.121. The second-order valence-electron chi connectivity index (χ2n) is 4.90. The van der Waals surface area contributed by atoms with Crippen LogP contribution in [0.25, 0.3) is 0 Å². The number of amidine groups is 1. The van der Waals surface area contributed by atoms with Crippen molar-refractivity contribution < 1.29 is 0 Å². The van der Waals surface area contributed by atoms with Gasteiger partial charge in [0.2, 0.25) is 0 Å². The minimum Gasteiger partial charge on any atom is -0.384 e. The van der Waals surface area contributed by atoms with Gasteiger partial charge in [0.15, 0.2) is 0 Å². The van der Waals surface area contributed by atoms with E-state index in [-0.39, 0.29) is 5.84 Å². The predicted octanol–water partition coefficient (Wildman–Crippen LogP) is 2.53. The largest absolute Gasteiger partial charge is 0.384 e. The summed E-state index contributed by atoms with van der Waals surface area (Å²) in [6.45, 7) is 1.99. The van der Waals surface area contributed by atoms with Gasteiger partial charge in [0, 0.05) is 24.3 Å². The minimum atomic E-state index is 0.121. The lowest BCUT2D eigenvalue weighted by molar-refractivity contribution is 0.732. The highest BCUT2D eigenvalue weighted by molar-refractivity contribution is 5.95. The lowest BCUT2D eigenvalue weighted by atomic mass is 9.99. The molecule has 1 aliphatic rings. The van der Waals surface area contributed by atoms with E-state index in [0.717, 1.165) is 25.1 Å². The summed E-state index contributed by atoms with van der Waals surface area (Å²) < 4.78 is 0. The zero-order chi connectivity index (χ0) is 13.2. The Kier molecular flexibility index (Phi) is 2.95. The van der Waals surface area contributed by atoms with Gasteiger partial charge in [-0.05, 0) is 41.8 Å². The fourth-order valence-corrected chi connectivity index (χ4v) is 2.57. The molecule has 0 unspecified atom stereocenters. The Morgan fingerprint density at radius 3 is 2.37 bits per heavy atom. The van der Waals surface area contributed by atoms with E-state index >= 15 is 0 Å². The maximum Gasteiger partial charge on any atom is 0.122 e. The second-order valence-corrected chi connectivity index (χ2v) is 4.90. The molecule has 0 spiro atoms. The van der Waals surface area contributed by atoms with Crippen molar-refractivity contribution in [1.82, 2.24) is 0 Å². The molecule has 2 aromatic carbocycles. The Morgan fingerprint density at radius 1 is 1.00 bits per heavy atom. The van der Waals surface area contributed by atoms with E-state index in [0.29, 0.717) is 0 Å². The average Bonchev–Trinajstić information content (AvgIpc) is 2.47. The molecule has 0 radical (unpaired) electrons. The summed E-state index contributed by atoms with van der Waals surface area (Å²) in [5.41, 5.74) is 10.3. The van der Waals surface area contributed by atoms with Crippen LogP contribution in [0.15, 0.2) is 48.5 Å². The Morgan fingerprint density at radius 2 is 1.68 bits per heavy atom. The van der Waals surface area contributed by atoms with Crippen LogP contribution in [0, 0.1) is 5.41 Å². The lowest BCUT2D eigenvalue weighted by Gasteiger charge is -2.30. The van der Waals surface area contributed by atoms with Crippen molar-refractivity contribution >= 4 is 11.5 Å². The molecule has 3 N–H and O–H groups in total. The van der Waals surface area contributed by atoms with Gasteiger partial charge in [0.1, 0.15) is 5.84 Å². The van der Waals surface area contributed by atoms with E-state index in [2.05, 4.69) is 29.2 Å². The fourth-order valence-electron chi connectivity index (χ4n) is 2.57. The van der Waals surface area contributed by atoms with Gasteiger partial charge in [0.05, 0.1) is 0 Å². The van der Waals surface area contributed by atoms with Crippen molar-refractivity contribution in [1.29, 1.82) is 5.41 Å². The molecule has 0 saturated heterocycles. The molecule has 0 bridgehead atoms. The van der Waals surface area contributed by atoms with Gasteiger partial charge in [-0.1, -0.05) is 24.3 Å². The summed E-state index contributed by atoms with van der Waals surface area (Å²) in [4.78, 5) is 2.37. The lowest BCUT2D eigenvalue weighted by Crippen LogP contribution is -2.30. The van der Waals surface area contributed by atoms with Gasteiger partial charge in [-0.2, -0.15) is 0 Å². The maximum absolute atomic E-state index is 7.41. The van der Waals surface area contributed by atoms with E-state index in [4.69, 9.17) is 11.1 Å². The van der Waals surface area contributed by atoms with E-state index in [1.165, 1.54) is 16.8 Å². The number of hydrogen-bond donors (Lipinski definition) is 2. The standard InChI is InChI=1S/C16H17N3/c17-16(18)13-5-7-15(8-6-13)19-10-9-12-3-1-2-4-14(12)11-19/h1-8H,9-11H2,(H3,17,18). The highest BCUT2D eigenvalue weighted by Gasteiger charge is 2.15. The first-order chi connectivity index (χ1) is 9.24. The summed E-state index contributed by atoms with van der Waals surface area (Å²) in [6.07, 6.45) is 1.09. The first kappa shape index (κ1) is 11.8. The summed E-state index contributed by atoms with van der Waals surface area (Å²) in [5, 5.41) is 7.41. The fraction of sp³-hybridized carbons (Fsp3) is 0.188. The summed E-state index contributed by atoms with van der Waals surface area (Å²) in [7, 11) is 0. The molecule has 0 aliphatic carbocycles. The van der Waals surface area contributed by atoms with Crippen LogP contribution >= 0.6 is 0 Å². The van der Waals surface area contributed by atoms with Crippen LogP contribution in [0.3, 0.4) is 0 Å². The topological polar surface area (TPSA) is 53.1 Å². The van der Waals surface area contributed by atoms with Gasteiger partial charge < -0.3 is 10.6 Å². The molecule has 1 aliphatic heterocycles. The molecule has 1 heterocycles. The molecule has 3 rings (SSSR count). The highest BCUT2D eigenvalue weighted by Crippen LogP contribution is 2.24. The molecular weight excluding hydrogens is 234 g/mol. The third-order valence-electron chi connectivity index (χ3n) is 3.67. The number of nitrogens with zero attached hydrogens (tertiary/aromatic N) is 1. The first-order valence-electron chi connectivity index (χ1n) is 6.50. The Hall–Kier alpha value is -2.29. The molecule has 0 amide bonds. The smallest absolute Gasteiger partial charge is 0.122 e. The maximum atomic E-state index is 7.41. The zero-order valence-corrected chi connectivity index (χ0v) is 10.8. The Labute approximate surface area is 113 Å². The van der Waals surface area contributed by atoms with Crippen molar-refractivity contribution in [3.05, 3.63) is 65.2 Å². The molecule has 3 nitrogen and oxygen atoms in total. The molecule has 3 heteroatoms. The van der Waals surface area contributed by atoms with Crippen molar-refractivity contribution in [3.63, 3.8) is 0 Å². The normalized spacial score (nSPS) is 14.0. The Balaban J connectivity index is 1.83. The molecule has 19 heavy (non-hydrogen) atoms. The number of nitrogens with one attached hydrogen (secondary N) is 1. The number of nitrogens with two attached hydrogens (primary N) is 1. The van der Waals surface area contributed by atoms with Crippen LogP contribution in [0.2, 0.25) is 0 Å². The van der Waals surface area contributed by atoms with E-state index in [1.807, 2.05) is 24.3 Å². The van der Waals surface area contributed by atoms with Crippen LogP contribution in [0.5, 0.6) is 0 Å². The van der Waals surface area contributed by atoms with Gasteiger partial charge in [-0.3, -0.25) is 5.41 Å². The summed E-state index contributed by atoms with van der Waals surface area (Å²) in [5.74, 6) is 0.121. The number of benzene rings is 2.